The molecule has 2 aromatic heterocycles. The predicted octanol–water partition coefficient (Wildman–Crippen LogP) is 3.42. The van der Waals surface area contributed by atoms with Gasteiger partial charge in [0.15, 0.2) is 0 Å². The summed E-state index contributed by atoms with van der Waals surface area (Å²) < 4.78 is 8.07. The van der Waals surface area contributed by atoms with E-state index in [9.17, 15) is 0 Å². The minimum absolute atomic E-state index is 0.428. The van der Waals surface area contributed by atoms with Crippen molar-refractivity contribution in [2.45, 2.75) is 40.2 Å². The van der Waals surface area contributed by atoms with E-state index in [1.807, 2.05) is 18.5 Å². The van der Waals surface area contributed by atoms with Gasteiger partial charge in [0, 0.05) is 5.56 Å². The number of hydrogen-bond donors (Lipinski definition) is 0. The van der Waals surface area contributed by atoms with Crippen molar-refractivity contribution in [2.75, 3.05) is 0 Å². The summed E-state index contributed by atoms with van der Waals surface area (Å²) in [4.78, 5) is 0. The SMILES string of the molecule is Cc1noc(C)c1Cn1nc(C(C)C)cc1Br. The summed E-state index contributed by atoms with van der Waals surface area (Å²) in [6, 6.07) is 2.06. The summed E-state index contributed by atoms with van der Waals surface area (Å²) in [7, 11) is 0. The molecular weight excluding hydrogens is 282 g/mol. The highest BCUT2D eigenvalue weighted by Crippen LogP contribution is 2.21. The molecule has 4 nitrogen and oxygen atoms in total. The van der Waals surface area contributed by atoms with Crippen LogP contribution in [0.25, 0.3) is 0 Å². The number of halogens is 1. The highest BCUT2D eigenvalue weighted by atomic mass is 79.9. The monoisotopic (exact) mass is 297 g/mol. The Labute approximate surface area is 109 Å². The topological polar surface area (TPSA) is 43.9 Å². The van der Waals surface area contributed by atoms with Gasteiger partial charge in [-0.05, 0) is 41.8 Å². The van der Waals surface area contributed by atoms with Gasteiger partial charge in [-0.1, -0.05) is 19.0 Å². The van der Waals surface area contributed by atoms with Crippen molar-refractivity contribution in [3.05, 3.63) is 33.4 Å². The Morgan fingerprint density at radius 3 is 2.59 bits per heavy atom. The van der Waals surface area contributed by atoms with Gasteiger partial charge in [0.25, 0.3) is 0 Å². The summed E-state index contributed by atoms with van der Waals surface area (Å²) in [5, 5.41) is 8.52. The van der Waals surface area contributed by atoms with E-state index in [0.717, 1.165) is 27.3 Å². The molecule has 2 aromatic rings. The van der Waals surface area contributed by atoms with E-state index in [1.54, 1.807) is 0 Å². The van der Waals surface area contributed by atoms with E-state index in [-0.39, 0.29) is 0 Å². The van der Waals surface area contributed by atoms with Crippen LogP contribution in [0.5, 0.6) is 0 Å². The van der Waals surface area contributed by atoms with Gasteiger partial charge in [-0.2, -0.15) is 5.10 Å². The molecule has 2 rings (SSSR count). The molecule has 0 aliphatic carbocycles. The average Bonchev–Trinajstić information content (AvgIpc) is 2.77. The Balaban J connectivity index is 2.30. The smallest absolute Gasteiger partial charge is 0.138 e. The number of rotatable bonds is 3. The maximum absolute atomic E-state index is 5.16. The standard InChI is InChI=1S/C12H16BrN3O/c1-7(2)11-5-12(13)16(14-11)6-10-8(3)15-17-9(10)4/h5,7H,6H2,1-4H3. The van der Waals surface area contributed by atoms with Gasteiger partial charge < -0.3 is 4.52 Å². The van der Waals surface area contributed by atoms with Gasteiger partial charge in [-0.25, -0.2) is 0 Å². The van der Waals surface area contributed by atoms with E-state index in [2.05, 4.69) is 46.1 Å². The number of aromatic nitrogens is 3. The van der Waals surface area contributed by atoms with Gasteiger partial charge in [-0.3, -0.25) is 4.68 Å². The normalized spacial score (nSPS) is 11.4. The zero-order valence-electron chi connectivity index (χ0n) is 10.5. The molecule has 0 atom stereocenters. The molecule has 0 aromatic carbocycles. The number of hydrogen-bond acceptors (Lipinski definition) is 3. The van der Waals surface area contributed by atoms with Crippen LogP contribution in [-0.2, 0) is 6.54 Å². The van der Waals surface area contributed by atoms with Crippen LogP contribution >= 0.6 is 15.9 Å². The highest BCUT2D eigenvalue weighted by molar-refractivity contribution is 9.10. The van der Waals surface area contributed by atoms with Crippen LogP contribution in [0.4, 0.5) is 0 Å². The first-order chi connectivity index (χ1) is 7.99. The molecule has 0 fully saturated rings. The Morgan fingerprint density at radius 1 is 1.41 bits per heavy atom. The first-order valence-electron chi connectivity index (χ1n) is 5.64. The molecule has 92 valence electrons. The lowest BCUT2D eigenvalue weighted by atomic mass is 10.1. The molecule has 0 N–H and O–H groups in total. The van der Waals surface area contributed by atoms with Crippen molar-refractivity contribution < 1.29 is 4.52 Å². The van der Waals surface area contributed by atoms with Crippen LogP contribution in [0, 0.1) is 13.8 Å². The van der Waals surface area contributed by atoms with Crippen LogP contribution in [0.3, 0.4) is 0 Å². The molecule has 2 heterocycles. The highest BCUT2D eigenvalue weighted by Gasteiger charge is 2.13. The minimum atomic E-state index is 0.428. The van der Waals surface area contributed by atoms with Crippen molar-refractivity contribution in [1.29, 1.82) is 0 Å². The van der Waals surface area contributed by atoms with Crippen LogP contribution in [0.15, 0.2) is 15.2 Å². The van der Waals surface area contributed by atoms with Crippen molar-refractivity contribution in [3.8, 4) is 0 Å². The van der Waals surface area contributed by atoms with Crippen molar-refractivity contribution in [2.24, 2.45) is 0 Å². The lowest BCUT2D eigenvalue weighted by Gasteiger charge is -2.03. The summed E-state index contributed by atoms with van der Waals surface area (Å²) in [5.41, 5.74) is 3.11. The third kappa shape index (κ3) is 2.44. The lowest BCUT2D eigenvalue weighted by Crippen LogP contribution is -2.04. The van der Waals surface area contributed by atoms with E-state index < -0.39 is 0 Å². The lowest BCUT2D eigenvalue weighted by molar-refractivity contribution is 0.391. The Morgan fingerprint density at radius 2 is 2.12 bits per heavy atom. The maximum Gasteiger partial charge on any atom is 0.138 e. The van der Waals surface area contributed by atoms with E-state index in [0.29, 0.717) is 12.5 Å². The average molecular weight is 298 g/mol. The Bertz CT molecular complexity index is 508. The van der Waals surface area contributed by atoms with Crippen molar-refractivity contribution in [3.63, 3.8) is 0 Å². The number of aryl methyl sites for hydroxylation is 2. The Hall–Kier alpha value is -1.10. The fraction of sp³-hybridized carbons (Fsp3) is 0.500. The molecule has 0 spiro atoms. The zero-order valence-corrected chi connectivity index (χ0v) is 12.1. The molecule has 0 unspecified atom stereocenters. The maximum atomic E-state index is 5.16. The van der Waals surface area contributed by atoms with Gasteiger partial charge >= 0.3 is 0 Å². The molecule has 0 aliphatic rings. The van der Waals surface area contributed by atoms with E-state index >= 15 is 0 Å². The first-order valence-corrected chi connectivity index (χ1v) is 6.43. The van der Waals surface area contributed by atoms with Crippen LogP contribution < -0.4 is 0 Å². The molecule has 0 bridgehead atoms. The largest absolute Gasteiger partial charge is 0.361 e. The van der Waals surface area contributed by atoms with Crippen LogP contribution in [0.2, 0.25) is 0 Å². The van der Waals surface area contributed by atoms with E-state index in [4.69, 9.17) is 4.52 Å². The number of nitrogens with zero attached hydrogens (tertiary/aromatic N) is 3. The fourth-order valence-electron chi connectivity index (χ4n) is 1.68. The molecule has 0 radical (unpaired) electrons. The molecule has 0 saturated carbocycles. The second-order valence-electron chi connectivity index (χ2n) is 4.51. The fourth-order valence-corrected chi connectivity index (χ4v) is 2.12. The van der Waals surface area contributed by atoms with Crippen LogP contribution in [-0.4, -0.2) is 14.9 Å². The summed E-state index contributed by atoms with van der Waals surface area (Å²) in [5.74, 6) is 1.29. The van der Waals surface area contributed by atoms with Crippen molar-refractivity contribution >= 4 is 15.9 Å². The Kier molecular flexibility index (Phi) is 3.38. The van der Waals surface area contributed by atoms with Gasteiger partial charge in [0.1, 0.15) is 10.4 Å². The summed E-state index contributed by atoms with van der Waals surface area (Å²) in [6.07, 6.45) is 0. The second-order valence-corrected chi connectivity index (χ2v) is 5.32. The molecule has 17 heavy (non-hydrogen) atoms. The predicted molar refractivity (Wildman–Crippen MR) is 69.1 cm³/mol. The third-order valence-electron chi connectivity index (χ3n) is 2.83. The molecule has 0 amide bonds. The zero-order chi connectivity index (χ0) is 12.6. The first kappa shape index (κ1) is 12.4. The summed E-state index contributed by atoms with van der Waals surface area (Å²) >= 11 is 3.53. The molecular formula is C12H16BrN3O. The van der Waals surface area contributed by atoms with Gasteiger partial charge in [-0.15, -0.1) is 0 Å². The minimum Gasteiger partial charge on any atom is -0.361 e. The van der Waals surface area contributed by atoms with Crippen molar-refractivity contribution in [1.82, 2.24) is 14.9 Å². The molecule has 0 saturated heterocycles. The van der Waals surface area contributed by atoms with E-state index in [1.165, 1.54) is 0 Å². The van der Waals surface area contributed by atoms with Gasteiger partial charge in [0.05, 0.1) is 17.9 Å². The second kappa shape index (κ2) is 4.64. The van der Waals surface area contributed by atoms with Crippen LogP contribution in [0.1, 0.15) is 42.5 Å². The quantitative estimate of drug-likeness (QED) is 0.872. The molecule has 5 heteroatoms. The summed E-state index contributed by atoms with van der Waals surface area (Å²) in [6.45, 7) is 8.83. The molecule has 0 aliphatic heterocycles. The van der Waals surface area contributed by atoms with Gasteiger partial charge in [0.2, 0.25) is 0 Å². The third-order valence-corrected chi connectivity index (χ3v) is 3.47.